The molecule has 0 aliphatic heterocycles. The molecule has 0 fully saturated rings. The van der Waals surface area contributed by atoms with Crippen molar-refractivity contribution in [3.63, 3.8) is 0 Å². The third kappa shape index (κ3) is 19.1. The molecule has 0 bridgehead atoms. The molecule has 0 aliphatic carbocycles. The Morgan fingerprint density at radius 1 is 0.889 bits per heavy atom. The molecule has 0 saturated heterocycles. The number of unbranched alkanes of at least 4 members (excludes halogenated alkanes) is 7. The van der Waals surface area contributed by atoms with Crippen LogP contribution in [0, 0.1) is 0 Å². The summed E-state index contributed by atoms with van der Waals surface area (Å²) in [6, 6.07) is 0. The topological polar surface area (TPSA) is 127 Å². The second kappa shape index (κ2) is 20.9. The highest BCUT2D eigenvalue weighted by Gasteiger charge is 2.32. The minimum atomic E-state index is -2.80. The van der Waals surface area contributed by atoms with Crippen LogP contribution >= 0.6 is 0 Å². The van der Waals surface area contributed by atoms with Crippen molar-refractivity contribution in [1.82, 2.24) is 0 Å². The van der Waals surface area contributed by atoms with Crippen LogP contribution in [-0.4, -0.2) is 47.0 Å². The van der Waals surface area contributed by atoms with Crippen LogP contribution in [0.25, 0.3) is 0 Å². The zero-order valence-electron chi connectivity index (χ0n) is 16.0. The van der Waals surface area contributed by atoms with E-state index in [0.29, 0.717) is 6.42 Å². The molecule has 1 N–H and O–H groups in total. The lowest BCUT2D eigenvalue weighted by atomic mass is 9.96. The molecule has 0 aromatic heterocycles. The van der Waals surface area contributed by atoms with Gasteiger partial charge in [0.2, 0.25) is 0 Å². The molecule has 0 amide bonds. The molecule has 0 rings (SSSR count). The lowest BCUT2D eigenvalue weighted by Gasteiger charge is -2.28. The first-order valence-electron chi connectivity index (χ1n) is 8.74. The maximum Gasteiger partial charge on any atom is 0.309 e. The van der Waals surface area contributed by atoms with Gasteiger partial charge in [-0.05, 0) is 6.42 Å². The lowest BCUT2D eigenvalue weighted by molar-refractivity contribution is -0.333. The molecule has 0 aromatic rings. The number of hydrogen-bond acceptors (Lipinski definition) is 7. The molecule has 9 heteroatoms. The third-order valence-corrected chi connectivity index (χ3v) is 3.51. The first kappa shape index (κ1) is 30.3. The van der Waals surface area contributed by atoms with Gasteiger partial charge in [-0.3, -0.25) is 4.79 Å². The number of hydrogen-bond donors (Lipinski definition) is 1. The van der Waals surface area contributed by atoms with Crippen LogP contribution in [0.2, 0.25) is 0 Å². The van der Waals surface area contributed by atoms with Gasteiger partial charge in [0.1, 0.15) is 30.0 Å². The number of carbonyl (C=O) groups excluding carboxylic acids is 3. The van der Waals surface area contributed by atoms with Gasteiger partial charge < -0.3 is 29.6 Å². The second-order valence-electron chi connectivity index (χ2n) is 5.74. The van der Waals surface area contributed by atoms with Gasteiger partial charge in [0.15, 0.2) is 11.7 Å². The van der Waals surface area contributed by atoms with Crippen molar-refractivity contribution in [2.45, 2.75) is 76.7 Å². The average Bonchev–Trinajstić information content (AvgIpc) is 2.63. The molecule has 0 heterocycles. The van der Waals surface area contributed by atoms with Crippen molar-refractivity contribution in [3.05, 3.63) is 0 Å². The quantitative estimate of drug-likeness (QED) is 0.126. The van der Waals surface area contributed by atoms with Gasteiger partial charge in [-0.15, -0.1) is 0 Å². The molecule has 1 unspecified atom stereocenters. The number of thiol groups is 2. The number of aliphatic hydroxyl groups is 1. The van der Waals surface area contributed by atoms with Crippen molar-refractivity contribution in [2.24, 2.45) is 0 Å². The fraction of sp³-hybridized carbons (Fsp3) is 0.722. The zero-order valence-corrected chi connectivity index (χ0v) is 17.8. The van der Waals surface area contributed by atoms with E-state index in [1.807, 2.05) is 0 Å². The van der Waals surface area contributed by atoms with Crippen LogP contribution in [0.5, 0.6) is 0 Å². The van der Waals surface area contributed by atoms with Gasteiger partial charge in [0.05, 0.1) is 19.0 Å². The number of carboxylic acids is 2. The van der Waals surface area contributed by atoms with E-state index in [-0.39, 0.29) is 6.61 Å². The van der Waals surface area contributed by atoms with Gasteiger partial charge in [0.25, 0.3) is 0 Å². The Hall–Kier alpha value is -1.45. The summed E-state index contributed by atoms with van der Waals surface area (Å²) in [5, 5.41) is 30.8. The molecule has 0 spiro atoms. The van der Waals surface area contributed by atoms with Crippen LogP contribution in [0.1, 0.15) is 71.1 Å². The molecule has 0 saturated carbocycles. The monoisotopic (exact) mass is 424 g/mol. The van der Waals surface area contributed by atoms with E-state index in [9.17, 15) is 29.7 Å². The van der Waals surface area contributed by atoms with Gasteiger partial charge in [-0.25, -0.2) is 0 Å². The number of aliphatic carboxylic acids is 2. The molecule has 7 nitrogen and oxygen atoms in total. The standard InChI is InChI=1S/C16H28O7.2CH2S/c1-2-3-4-5-6-7-8-9-10-23-14(19)12-16(22,15(20)21)11-13(17)18;2*1-2/h22H,2-12H2,1H3,(H,17,18)(H,20,21);2*1H2. The van der Waals surface area contributed by atoms with Crippen molar-refractivity contribution >= 4 is 54.1 Å². The summed E-state index contributed by atoms with van der Waals surface area (Å²) >= 11 is 6.56. The van der Waals surface area contributed by atoms with Gasteiger partial charge >= 0.3 is 5.97 Å². The van der Waals surface area contributed by atoms with E-state index in [1.54, 1.807) is 0 Å². The minimum absolute atomic E-state index is 0.113. The van der Waals surface area contributed by atoms with Gasteiger partial charge in [-0.2, -0.15) is 0 Å². The van der Waals surface area contributed by atoms with Gasteiger partial charge in [0, 0.05) is 12.4 Å². The van der Waals surface area contributed by atoms with Crippen LogP contribution < -0.4 is 10.2 Å². The molecule has 158 valence electrons. The third-order valence-electron chi connectivity index (χ3n) is 3.51. The Bertz CT molecular complexity index is 417. The van der Waals surface area contributed by atoms with Crippen LogP contribution in [0.4, 0.5) is 0 Å². The van der Waals surface area contributed by atoms with Crippen molar-refractivity contribution < 1.29 is 34.4 Å². The second-order valence-corrected chi connectivity index (χ2v) is 5.74. The van der Waals surface area contributed by atoms with Crippen LogP contribution in [0.15, 0.2) is 0 Å². The predicted molar refractivity (Wildman–Crippen MR) is 110 cm³/mol. The fourth-order valence-corrected chi connectivity index (χ4v) is 2.16. The summed E-state index contributed by atoms with van der Waals surface area (Å²) < 4.78 is 4.81. The maximum atomic E-state index is 11.5. The molecular weight excluding hydrogens is 392 g/mol. The molecule has 1 atom stereocenters. The fourth-order valence-electron chi connectivity index (χ4n) is 2.16. The highest BCUT2D eigenvalue weighted by Crippen LogP contribution is 2.15. The number of carbonyl (C=O) groups is 3. The van der Waals surface area contributed by atoms with Crippen LogP contribution in [-0.2, 0) is 43.6 Å². The smallest absolute Gasteiger partial charge is 0.309 e. The van der Waals surface area contributed by atoms with E-state index < -0.39 is 36.4 Å². The van der Waals surface area contributed by atoms with Crippen molar-refractivity contribution in [2.75, 3.05) is 6.61 Å². The Morgan fingerprint density at radius 3 is 1.74 bits per heavy atom. The number of esters is 1. The molecule has 0 aromatic carbocycles. The normalized spacial score (nSPS) is 11.6. The molecule has 0 aliphatic rings. The first-order valence-corrected chi connectivity index (χ1v) is 10.0. The number of ether oxygens (including phenoxy) is 1. The van der Waals surface area contributed by atoms with E-state index >= 15 is 0 Å². The van der Waals surface area contributed by atoms with Crippen LogP contribution in [0.3, 0.4) is 0 Å². The summed E-state index contributed by atoms with van der Waals surface area (Å²) in [5.41, 5.74) is -2.80. The van der Waals surface area contributed by atoms with Crippen molar-refractivity contribution in [1.29, 1.82) is 0 Å². The lowest BCUT2D eigenvalue weighted by Crippen LogP contribution is -2.52. The Kier molecular flexibility index (Phi) is 23.4. The predicted octanol–water partition coefficient (Wildman–Crippen LogP) is -0.923. The number of rotatable bonds is 14. The largest absolute Gasteiger partial charge is 0.550 e. The molecule has 0 radical (unpaired) electrons. The summed E-state index contributed by atoms with van der Waals surface area (Å²) in [5.74, 6) is 1.10. The van der Waals surface area contributed by atoms with E-state index in [4.69, 9.17) is 4.74 Å². The maximum absolute atomic E-state index is 11.5. The van der Waals surface area contributed by atoms with Gasteiger partial charge in [-0.1, -0.05) is 51.9 Å². The average molecular weight is 425 g/mol. The zero-order chi connectivity index (χ0) is 21.7. The van der Waals surface area contributed by atoms with E-state index in [1.165, 1.54) is 25.7 Å². The van der Waals surface area contributed by atoms with E-state index in [0.717, 1.165) is 19.3 Å². The SMILES string of the molecule is C=[SH+].C=[SH+].CCCCCCCCCCOC(=O)CC(O)(CC(=O)[O-])C(=O)[O-]. The first-order chi connectivity index (χ1) is 12.8. The Balaban J connectivity index is -0.00000134. The highest BCUT2D eigenvalue weighted by molar-refractivity contribution is 7.56. The summed E-state index contributed by atoms with van der Waals surface area (Å²) in [7, 11) is 0. The Labute approximate surface area is 172 Å². The molecular formula is C18H32O7S2. The Morgan fingerprint density at radius 2 is 1.33 bits per heavy atom. The van der Waals surface area contributed by atoms with E-state index in [2.05, 4.69) is 43.1 Å². The summed E-state index contributed by atoms with van der Waals surface area (Å²) in [6.45, 7) is 2.27. The number of carboxylic acid groups (broad SMARTS) is 2. The van der Waals surface area contributed by atoms with Crippen molar-refractivity contribution in [3.8, 4) is 0 Å². The molecule has 27 heavy (non-hydrogen) atoms. The highest BCUT2D eigenvalue weighted by atomic mass is 32.1. The minimum Gasteiger partial charge on any atom is -0.550 e. The summed E-state index contributed by atoms with van der Waals surface area (Å²) in [6.07, 6.45) is 6.37. The summed E-state index contributed by atoms with van der Waals surface area (Å²) in [4.78, 5) is 32.6.